The Bertz CT molecular complexity index is 2680. The van der Waals surface area contributed by atoms with Gasteiger partial charge in [-0.25, -0.2) is 4.79 Å². The number of piperidine rings is 1. The number of hydrogen-bond donors (Lipinski definition) is 3. The van der Waals surface area contributed by atoms with Gasteiger partial charge in [0, 0.05) is 90.9 Å². The van der Waals surface area contributed by atoms with Crippen molar-refractivity contribution in [1.82, 2.24) is 14.8 Å². The molecule has 10 atom stereocenters. The lowest BCUT2D eigenvalue weighted by Crippen LogP contribution is -2.81. The number of fused-ring (bicyclic) bond motifs is 6. The van der Waals surface area contributed by atoms with Crippen molar-refractivity contribution in [3.05, 3.63) is 89.1 Å². The molecule has 1 aliphatic carbocycles. The molecule has 2 unspecified atom stereocenters. The van der Waals surface area contributed by atoms with Crippen LogP contribution >= 0.6 is 0 Å². The number of rotatable bonds is 9. The van der Waals surface area contributed by atoms with E-state index in [2.05, 4.69) is 51.2 Å². The molecule has 0 amide bonds. The van der Waals surface area contributed by atoms with Gasteiger partial charge in [-0.1, -0.05) is 44.2 Å². The molecule has 4 aromatic rings. The number of likely N-dealkylation sites (N-methyl/N-ethyl adjacent to an activating group) is 1. The molecule has 1 spiro atoms. The molecule has 0 radical (unpaired) electrons. The maximum absolute atomic E-state index is 15.7. The fourth-order valence-corrected chi connectivity index (χ4v) is 14.5. The summed E-state index contributed by atoms with van der Waals surface area (Å²) in [5.41, 5.74) is 0.0507. The number of carbonyl (C=O) groups excluding carboxylic acids is 3. The minimum absolute atomic E-state index is 0.140. The number of hydrogen-bond acceptors (Lipinski definition) is 13. The van der Waals surface area contributed by atoms with Crippen LogP contribution in [0.2, 0.25) is 0 Å². The van der Waals surface area contributed by atoms with E-state index in [-0.39, 0.29) is 12.0 Å². The van der Waals surface area contributed by atoms with Gasteiger partial charge in [-0.05, 0) is 104 Å². The average molecular weight is 917 g/mol. The molecule has 5 aliphatic heterocycles. The molecule has 14 nitrogen and oxygen atoms in total. The second-order valence-corrected chi connectivity index (χ2v) is 20.1. The Kier molecular flexibility index (Phi) is 10.9. The van der Waals surface area contributed by atoms with Crippen LogP contribution in [0.1, 0.15) is 75.3 Å². The largest absolute Gasteiger partial charge is 0.497 e. The molecular weight excluding hydrogens is 853 g/mol. The predicted molar refractivity (Wildman–Crippen MR) is 252 cm³/mol. The standard InChI is InChI=1S/C53H64N4O10/c1-9-49(61)27-32-28-52(47(59)65-7,43-36(18-22-56(29-32)30-49)37-24-34(14-17-40(37)54-43)33-12-15-35(63-5)16-13-33)39-25-38-41(26-42(39)64-6)55(4)45-51(38)20-23-57-21-11-19-50(10-2,44(51)57)46(67-31(3)58)53(45,62)48(60)66-8/h11-17,19,24-26,32,44-46,54,61-62H,9-10,18,20-23,27-30H2,1-8H3/t32-,44+,45?,46-,49+,50-,51-,52+,53+/m1/s1. The van der Waals surface area contributed by atoms with E-state index < -0.39 is 57.5 Å². The Labute approximate surface area is 392 Å². The number of carbonyl (C=O) groups is 3. The molecule has 3 N–H and O–H groups in total. The van der Waals surface area contributed by atoms with Crippen molar-refractivity contribution in [2.45, 2.75) is 99.5 Å². The van der Waals surface area contributed by atoms with Gasteiger partial charge in [-0.15, -0.1) is 0 Å². The molecular formula is C53H64N4O10. The van der Waals surface area contributed by atoms with Crippen molar-refractivity contribution >= 4 is 34.5 Å². The third-order valence-corrected chi connectivity index (χ3v) is 17.1. The summed E-state index contributed by atoms with van der Waals surface area (Å²) in [6, 6.07) is 17.1. The van der Waals surface area contributed by atoms with Crippen molar-refractivity contribution in [3.8, 4) is 22.6 Å². The molecule has 6 aliphatic rings. The lowest BCUT2D eigenvalue weighted by molar-refractivity contribution is -0.228. The van der Waals surface area contributed by atoms with Crippen LogP contribution in [0.15, 0.2) is 66.7 Å². The smallest absolute Gasteiger partial charge is 0.344 e. The minimum atomic E-state index is -2.33. The van der Waals surface area contributed by atoms with Gasteiger partial charge >= 0.3 is 17.9 Å². The summed E-state index contributed by atoms with van der Waals surface area (Å²) in [5, 5.41) is 26.6. The van der Waals surface area contributed by atoms with Crippen LogP contribution in [0.25, 0.3) is 22.0 Å². The molecule has 10 rings (SSSR count). The minimum Gasteiger partial charge on any atom is -0.497 e. The number of esters is 3. The fourth-order valence-electron chi connectivity index (χ4n) is 14.5. The molecule has 356 valence electrons. The predicted octanol–water partition coefficient (Wildman–Crippen LogP) is 5.67. The number of ether oxygens (including phenoxy) is 5. The van der Waals surface area contributed by atoms with E-state index in [0.29, 0.717) is 82.6 Å². The number of H-pyrrole nitrogens is 1. The maximum Gasteiger partial charge on any atom is 0.344 e. The van der Waals surface area contributed by atoms with E-state index in [4.69, 9.17) is 23.7 Å². The summed E-state index contributed by atoms with van der Waals surface area (Å²) in [5.74, 6) is -0.900. The summed E-state index contributed by atoms with van der Waals surface area (Å²) in [4.78, 5) is 53.8. The average Bonchev–Trinajstić information content (AvgIpc) is 4.00. The van der Waals surface area contributed by atoms with Crippen LogP contribution in [-0.4, -0.2) is 141 Å². The first-order valence-corrected chi connectivity index (χ1v) is 23.8. The fraction of sp³-hybridized carbons (Fsp3) is 0.528. The quantitative estimate of drug-likeness (QED) is 0.107. The first-order chi connectivity index (χ1) is 32.1. The second-order valence-electron chi connectivity index (χ2n) is 20.1. The van der Waals surface area contributed by atoms with Gasteiger partial charge < -0.3 is 43.8 Å². The van der Waals surface area contributed by atoms with Crippen LogP contribution < -0.4 is 14.4 Å². The third kappa shape index (κ3) is 6.24. The first kappa shape index (κ1) is 45.4. The van der Waals surface area contributed by atoms with Crippen molar-refractivity contribution in [1.29, 1.82) is 0 Å². The van der Waals surface area contributed by atoms with E-state index in [9.17, 15) is 19.8 Å². The number of methoxy groups -OCH3 is 4. The van der Waals surface area contributed by atoms with E-state index in [1.165, 1.54) is 21.1 Å². The lowest BCUT2D eigenvalue weighted by atomic mass is 9.47. The maximum atomic E-state index is 15.7. The van der Waals surface area contributed by atoms with Gasteiger partial charge in [0.2, 0.25) is 5.60 Å². The van der Waals surface area contributed by atoms with Crippen molar-refractivity contribution in [2.75, 3.05) is 73.1 Å². The molecule has 6 heterocycles. The van der Waals surface area contributed by atoms with Gasteiger partial charge in [-0.2, -0.15) is 0 Å². The number of nitrogens with one attached hydrogen (secondary N) is 1. The van der Waals surface area contributed by atoms with Crippen LogP contribution in [0, 0.1) is 11.3 Å². The summed E-state index contributed by atoms with van der Waals surface area (Å²) in [6.45, 7) is 8.49. The Hall–Kier alpha value is -5.41. The number of nitrogens with zero attached hydrogens (tertiary/aromatic N) is 3. The van der Waals surface area contributed by atoms with Crippen molar-refractivity contribution in [3.63, 3.8) is 0 Å². The van der Waals surface area contributed by atoms with Gasteiger partial charge in [0.15, 0.2) is 6.10 Å². The molecule has 3 fully saturated rings. The first-order valence-electron chi connectivity index (χ1n) is 23.8. The van der Waals surface area contributed by atoms with Gasteiger partial charge in [0.1, 0.15) is 16.9 Å². The topological polar surface area (TPSA) is 163 Å². The summed E-state index contributed by atoms with van der Waals surface area (Å²) in [7, 11) is 7.81. The van der Waals surface area contributed by atoms with Gasteiger partial charge in [0.25, 0.3) is 0 Å². The SMILES string of the molecule is CC[C@]1(O)C[C@H]2CN(CCc3c([nH]c4ccc(-c5ccc(OC)cc5)cc34)[C@@](C(=O)OC)(c3cc4c(cc3OC)N(C)C3[C@]45CCN4CC=C[C@@](CC)([C@@H](OC(C)=O)[C@]3(O)C(=O)OC)[C@H]45)C2)C1. The number of aliphatic hydroxyl groups is 2. The Morgan fingerprint density at radius 1 is 0.851 bits per heavy atom. The number of anilines is 1. The highest BCUT2D eigenvalue weighted by Gasteiger charge is 2.80. The van der Waals surface area contributed by atoms with Crippen molar-refractivity contribution in [2.24, 2.45) is 11.3 Å². The van der Waals surface area contributed by atoms with Gasteiger partial charge in [0.05, 0.1) is 40.1 Å². The molecule has 14 heteroatoms. The number of aromatic nitrogens is 1. The zero-order chi connectivity index (χ0) is 47.4. The van der Waals surface area contributed by atoms with Crippen LogP contribution in [0.3, 0.4) is 0 Å². The number of aromatic amines is 1. The van der Waals surface area contributed by atoms with E-state index in [0.717, 1.165) is 50.3 Å². The molecule has 2 saturated heterocycles. The second kappa shape index (κ2) is 16.1. The molecule has 67 heavy (non-hydrogen) atoms. The molecule has 1 saturated carbocycles. The van der Waals surface area contributed by atoms with Crippen LogP contribution in [-0.2, 0) is 45.8 Å². The van der Waals surface area contributed by atoms with Crippen molar-refractivity contribution < 1.29 is 48.3 Å². The Morgan fingerprint density at radius 3 is 2.27 bits per heavy atom. The summed E-state index contributed by atoms with van der Waals surface area (Å²) < 4.78 is 29.7. The third-order valence-electron chi connectivity index (χ3n) is 17.1. The molecule has 2 bridgehead atoms. The van der Waals surface area contributed by atoms with Crippen LogP contribution in [0.5, 0.6) is 11.5 Å². The highest BCUT2D eigenvalue weighted by Crippen LogP contribution is 2.68. The van der Waals surface area contributed by atoms with Crippen LogP contribution in [0.4, 0.5) is 5.69 Å². The van der Waals surface area contributed by atoms with E-state index in [1.807, 2.05) is 56.1 Å². The Morgan fingerprint density at radius 2 is 1.60 bits per heavy atom. The normalized spacial score (nSPS) is 33.9. The lowest BCUT2D eigenvalue weighted by Gasteiger charge is -2.63. The highest BCUT2D eigenvalue weighted by molar-refractivity contribution is 5.96. The van der Waals surface area contributed by atoms with Gasteiger partial charge in [-0.3, -0.25) is 19.4 Å². The molecule has 3 aromatic carbocycles. The highest BCUT2D eigenvalue weighted by atomic mass is 16.6. The monoisotopic (exact) mass is 916 g/mol. The Balaban J connectivity index is 1.27. The zero-order valence-electron chi connectivity index (χ0n) is 39.9. The molecule has 1 aromatic heterocycles. The zero-order valence-corrected chi connectivity index (χ0v) is 39.9. The summed E-state index contributed by atoms with van der Waals surface area (Å²) in [6.07, 6.45) is 5.75. The van der Waals surface area contributed by atoms with E-state index in [1.54, 1.807) is 14.2 Å². The number of benzene rings is 3. The summed E-state index contributed by atoms with van der Waals surface area (Å²) >= 11 is 0. The van der Waals surface area contributed by atoms with E-state index >= 15 is 4.79 Å².